The van der Waals surface area contributed by atoms with Crippen molar-refractivity contribution in [3.63, 3.8) is 0 Å². The predicted molar refractivity (Wildman–Crippen MR) is 222 cm³/mol. The summed E-state index contributed by atoms with van der Waals surface area (Å²) < 4.78 is 0. The van der Waals surface area contributed by atoms with Crippen molar-refractivity contribution in [3.05, 3.63) is 176 Å². The highest BCUT2D eigenvalue weighted by atomic mass is 14.8. The largest absolute Gasteiger partial charge is 0.264 e. The van der Waals surface area contributed by atoms with Crippen LogP contribution in [0.25, 0.3) is 71.7 Å². The minimum atomic E-state index is 0.852. The van der Waals surface area contributed by atoms with Crippen molar-refractivity contribution in [2.75, 3.05) is 0 Å². The molecule has 0 spiro atoms. The third kappa shape index (κ3) is 7.01. The molecule has 7 aromatic rings. The van der Waals surface area contributed by atoms with E-state index in [1.807, 2.05) is 18.3 Å². The number of fused-ring (bicyclic) bond motifs is 6. The monoisotopic (exact) mass is 674 g/mol. The van der Waals surface area contributed by atoms with E-state index < -0.39 is 0 Å². The lowest BCUT2D eigenvalue weighted by Gasteiger charge is -2.14. The van der Waals surface area contributed by atoms with Crippen molar-refractivity contribution in [1.29, 1.82) is 0 Å². The second kappa shape index (κ2) is 15.7. The maximum Gasteiger partial charge on any atom is 0.0971 e. The van der Waals surface area contributed by atoms with Crippen LogP contribution in [-0.2, 0) is 0 Å². The molecule has 0 aliphatic heterocycles. The molecule has 0 unspecified atom stereocenters. The van der Waals surface area contributed by atoms with Gasteiger partial charge in [-0.2, -0.15) is 0 Å². The first-order chi connectivity index (χ1) is 25.6. The topological polar surface area (TPSA) is 51.6 Å². The Kier molecular flexibility index (Phi) is 10.4. The van der Waals surface area contributed by atoms with Crippen molar-refractivity contribution in [3.8, 4) is 22.4 Å². The Balaban J connectivity index is 1.30. The molecule has 0 amide bonds. The van der Waals surface area contributed by atoms with Gasteiger partial charge in [0.15, 0.2) is 0 Å². The zero-order valence-electron chi connectivity index (χ0n) is 30.1. The van der Waals surface area contributed by atoms with Gasteiger partial charge in [0.1, 0.15) is 0 Å². The van der Waals surface area contributed by atoms with Crippen LogP contribution in [0.3, 0.4) is 0 Å². The average molecular weight is 675 g/mol. The van der Waals surface area contributed by atoms with Crippen LogP contribution in [-0.4, -0.2) is 19.9 Å². The molecule has 0 N–H and O–H groups in total. The fourth-order valence-electron chi connectivity index (χ4n) is 6.82. The van der Waals surface area contributed by atoms with Gasteiger partial charge in [-0.05, 0) is 106 Å². The molecule has 0 saturated carbocycles. The summed E-state index contributed by atoms with van der Waals surface area (Å²) >= 11 is 0. The highest BCUT2D eigenvalue weighted by Crippen LogP contribution is 2.36. The van der Waals surface area contributed by atoms with E-state index in [0.29, 0.717) is 0 Å². The number of aromatic nitrogens is 4. The first kappa shape index (κ1) is 34.2. The van der Waals surface area contributed by atoms with E-state index in [1.54, 1.807) is 18.6 Å². The number of hydrogen-bond donors (Lipinski definition) is 0. The third-order valence-corrected chi connectivity index (χ3v) is 9.53. The van der Waals surface area contributed by atoms with Gasteiger partial charge >= 0.3 is 0 Å². The number of rotatable bonds is 11. The van der Waals surface area contributed by atoms with Crippen molar-refractivity contribution >= 4 is 49.3 Å². The molecule has 3 aromatic heterocycles. The van der Waals surface area contributed by atoms with Crippen LogP contribution in [0.2, 0.25) is 0 Å². The van der Waals surface area contributed by atoms with Crippen molar-refractivity contribution in [2.24, 2.45) is 0 Å². The molecule has 0 fully saturated rings. The minimum absolute atomic E-state index is 0.852. The zero-order chi connectivity index (χ0) is 35.9. The van der Waals surface area contributed by atoms with Gasteiger partial charge < -0.3 is 0 Å². The van der Waals surface area contributed by atoms with Crippen LogP contribution in [0, 0.1) is 0 Å². The van der Waals surface area contributed by atoms with E-state index in [1.165, 1.54) is 16.3 Å². The number of nitrogens with zero attached hydrogens (tertiary/aromatic N) is 4. The summed E-state index contributed by atoms with van der Waals surface area (Å²) in [6.45, 7) is 10.6. The molecule has 0 bridgehead atoms. The quantitative estimate of drug-likeness (QED) is 0.101. The van der Waals surface area contributed by atoms with E-state index >= 15 is 0 Å². The summed E-state index contributed by atoms with van der Waals surface area (Å²) in [5, 5.41) is 4.59. The van der Waals surface area contributed by atoms with Crippen molar-refractivity contribution < 1.29 is 0 Å². The van der Waals surface area contributed by atoms with Crippen LogP contribution < -0.4 is 0 Å². The standard InChI is InChI=1S/C48H42N4/c1-5-9-10-11-16-33(6-2)45-30-40(31-46(52-45)39-19-15-24-49-32-39)35(8-4)27-34(7-3)36-17-14-18-37(28-36)38-22-23-43-44(29-38)41-20-12-13-21-42(41)47-48(43)51-26-25-50-47/h6-7,10-32H,2,5,8-9H2,1,3-4H3/b11-10-,33-16+,34-7+,35-27+. The molecule has 0 aliphatic carbocycles. The van der Waals surface area contributed by atoms with Gasteiger partial charge in [0.05, 0.1) is 22.4 Å². The van der Waals surface area contributed by atoms with Gasteiger partial charge in [0.25, 0.3) is 0 Å². The molecule has 4 nitrogen and oxygen atoms in total. The molecule has 7 rings (SSSR count). The van der Waals surface area contributed by atoms with Gasteiger partial charge in [0, 0.05) is 41.1 Å². The summed E-state index contributed by atoms with van der Waals surface area (Å²) in [7, 11) is 0. The molecule has 0 atom stereocenters. The highest BCUT2D eigenvalue weighted by Gasteiger charge is 2.14. The first-order valence-corrected chi connectivity index (χ1v) is 18.1. The molecule has 0 saturated heterocycles. The second-order valence-electron chi connectivity index (χ2n) is 12.8. The van der Waals surface area contributed by atoms with Gasteiger partial charge in [-0.25, -0.2) is 4.98 Å². The van der Waals surface area contributed by atoms with Gasteiger partial charge in [0.2, 0.25) is 0 Å². The fourth-order valence-corrected chi connectivity index (χ4v) is 6.82. The highest BCUT2D eigenvalue weighted by molar-refractivity contribution is 6.23. The fraction of sp³-hybridized carbons (Fsp3) is 0.125. The Morgan fingerprint density at radius 1 is 0.692 bits per heavy atom. The van der Waals surface area contributed by atoms with Crippen LogP contribution in [0.1, 0.15) is 56.9 Å². The van der Waals surface area contributed by atoms with Crippen molar-refractivity contribution in [1.82, 2.24) is 19.9 Å². The summed E-state index contributed by atoms with van der Waals surface area (Å²) in [6, 6.07) is 32.4. The molecule has 52 heavy (non-hydrogen) atoms. The first-order valence-electron chi connectivity index (χ1n) is 18.1. The molecule has 0 aliphatic rings. The third-order valence-electron chi connectivity index (χ3n) is 9.53. The number of hydrogen-bond acceptors (Lipinski definition) is 4. The van der Waals surface area contributed by atoms with Crippen LogP contribution in [0.5, 0.6) is 0 Å². The molecular formula is C48H42N4. The molecule has 0 radical (unpaired) electrons. The SMILES string of the molecule is C=C/C(=C\C=C/CCC)c1cc(/C(=C/C(=C\C)c2cccc(-c3ccc4c(c3)c3ccccc3c3nccnc43)c2)CC)cc(-c2cccnc2)n1. The predicted octanol–water partition coefficient (Wildman–Crippen LogP) is 12.9. The normalized spacial score (nSPS) is 12.7. The van der Waals surface area contributed by atoms with Crippen LogP contribution >= 0.6 is 0 Å². The lowest BCUT2D eigenvalue weighted by Crippen LogP contribution is -1.96. The number of allylic oxidation sites excluding steroid dienone is 9. The Bertz CT molecular complexity index is 2500. The van der Waals surface area contributed by atoms with Crippen LogP contribution in [0.4, 0.5) is 0 Å². The molecule has 4 aromatic carbocycles. The maximum absolute atomic E-state index is 5.09. The van der Waals surface area contributed by atoms with E-state index in [4.69, 9.17) is 15.0 Å². The number of benzene rings is 4. The Morgan fingerprint density at radius 2 is 1.46 bits per heavy atom. The number of unbranched alkanes of at least 4 members (excludes halogenated alkanes) is 1. The summed E-state index contributed by atoms with van der Waals surface area (Å²) in [5.74, 6) is 0. The Hall–Kier alpha value is -6.26. The molecule has 3 heterocycles. The van der Waals surface area contributed by atoms with Gasteiger partial charge in [-0.15, -0.1) is 0 Å². The summed E-state index contributed by atoms with van der Waals surface area (Å²) in [6.07, 6.45) is 23.0. The molecule has 254 valence electrons. The maximum atomic E-state index is 5.09. The van der Waals surface area contributed by atoms with Gasteiger partial charge in [-0.1, -0.05) is 118 Å². The minimum Gasteiger partial charge on any atom is -0.264 e. The van der Waals surface area contributed by atoms with E-state index in [9.17, 15) is 0 Å². The van der Waals surface area contributed by atoms with E-state index in [0.717, 1.165) is 91.4 Å². The molecular weight excluding hydrogens is 633 g/mol. The Labute approximate surface area is 306 Å². The van der Waals surface area contributed by atoms with E-state index in [2.05, 4.69) is 148 Å². The lowest BCUT2D eigenvalue weighted by molar-refractivity contribution is 0.959. The smallest absolute Gasteiger partial charge is 0.0971 e. The lowest BCUT2D eigenvalue weighted by atomic mass is 9.92. The van der Waals surface area contributed by atoms with Crippen LogP contribution in [0.15, 0.2) is 159 Å². The average Bonchev–Trinajstić information content (AvgIpc) is 3.21. The van der Waals surface area contributed by atoms with Gasteiger partial charge in [-0.3, -0.25) is 15.0 Å². The molecule has 4 heteroatoms. The number of pyridine rings is 2. The second-order valence-corrected chi connectivity index (χ2v) is 12.8. The Morgan fingerprint density at radius 3 is 2.19 bits per heavy atom. The summed E-state index contributed by atoms with van der Waals surface area (Å²) in [4.78, 5) is 18.9. The van der Waals surface area contributed by atoms with Crippen molar-refractivity contribution in [2.45, 2.75) is 40.0 Å². The zero-order valence-corrected chi connectivity index (χ0v) is 30.1. The van der Waals surface area contributed by atoms with E-state index in [-0.39, 0.29) is 0 Å². The summed E-state index contributed by atoms with van der Waals surface area (Å²) in [5.41, 5.74) is 12.6.